The maximum atomic E-state index is 10.6. The largest absolute Gasteiger partial charge is 0.467 e. The number of carbonyl (C=O) groups excluding carboxylic acids is 1. The number of hydrogen-bond acceptors (Lipinski definition) is 3. The molecule has 0 unspecified atom stereocenters. The van der Waals surface area contributed by atoms with Crippen LogP contribution in [0.5, 0.6) is 0 Å². The van der Waals surface area contributed by atoms with Crippen LogP contribution in [-0.2, 0) is 13.0 Å². The molecule has 3 nitrogen and oxygen atoms in total. The topological polar surface area (TPSA) is 56.2 Å². The van der Waals surface area contributed by atoms with E-state index in [1.807, 2.05) is 0 Å². The van der Waals surface area contributed by atoms with Gasteiger partial charge in [0.2, 0.25) is 0 Å². The fourth-order valence-corrected chi connectivity index (χ4v) is 1.06. The zero-order chi connectivity index (χ0) is 8.97. The summed E-state index contributed by atoms with van der Waals surface area (Å²) in [5.74, 6) is 0.543. The Hall–Kier alpha value is -1.35. The van der Waals surface area contributed by atoms with E-state index in [2.05, 4.69) is 6.58 Å². The number of furan rings is 1. The lowest BCUT2D eigenvalue weighted by molar-refractivity contribution is 0.112. The molecule has 0 spiro atoms. The molecule has 1 aromatic heterocycles. The Morgan fingerprint density at radius 1 is 1.67 bits per heavy atom. The summed E-state index contributed by atoms with van der Waals surface area (Å²) in [5.41, 5.74) is 6.77. The Labute approximate surface area is 70.9 Å². The van der Waals surface area contributed by atoms with Crippen LogP contribution < -0.4 is 5.73 Å². The van der Waals surface area contributed by atoms with Gasteiger partial charge in [0.1, 0.15) is 5.76 Å². The molecule has 0 amide bonds. The molecule has 0 saturated carbocycles. The monoisotopic (exact) mass is 165 g/mol. The standard InChI is InChI=1S/C9H11NO2/c1-2-3-7-6-12-9(4-10)8(7)5-11/h2,5-6H,1,3-4,10H2. The average molecular weight is 165 g/mol. The van der Waals surface area contributed by atoms with Gasteiger partial charge >= 0.3 is 0 Å². The molecule has 0 radical (unpaired) electrons. The van der Waals surface area contributed by atoms with Crippen LogP contribution in [-0.4, -0.2) is 6.29 Å². The van der Waals surface area contributed by atoms with Gasteiger partial charge in [0.15, 0.2) is 6.29 Å². The zero-order valence-corrected chi connectivity index (χ0v) is 6.75. The maximum Gasteiger partial charge on any atom is 0.153 e. The molecule has 1 aromatic rings. The van der Waals surface area contributed by atoms with Gasteiger partial charge < -0.3 is 10.2 Å². The number of nitrogens with two attached hydrogens (primary N) is 1. The van der Waals surface area contributed by atoms with Crippen LogP contribution in [0.25, 0.3) is 0 Å². The summed E-state index contributed by atoms with van der Waals surface area (Å²) in [7, 11) is 0. The van der Waals surface area contributed by atoms with Crippen molar-refractivity contribution in [3.8, 4) is 0 Å². The Bertz CT molecular complexity index is 289. The van der Waals surface area contributed by atoms with E-state index in [-0.39, 0.29) is 6.54 Å². The van der Waals surface area contributed by atoms with E-state index in [1.54, 1.807) is 12.3 Å². The smallest absolute Gasteiger partial charge is 0.153 e. The van der Waals surface area contributed by atoms with Crippen molar-refractivity contribution in [2.45, 2.75) is 13.0 Å². The summed E-state index contributed by atoms with van der Waals surface area (Å²) in [5, 5.41) is 0. The zero-order valence-electron chi connectivity index (χ0n) is 6.75. The number of carbonyl (C=O) groups is 1. The third-order valence-corrected chi connectivity index (χ3v) is 1.66. The first kappa shape index (κ1) is 8.74. The summed E-state index contributed by atoms with van der Waals surface area (Å²) in [6, 6.07) is 0. The quantitative estimate of drug-likeness (QED) is 0.540. The van der Waals surface area contributed by atoms with Crippen molar-refractivity contribution in [2.24, 2.45) is 5.73 Å². The number of hydrogen-bond donors (Lipinski definition) is 1. The molecule has 0 atom stereocenters. The minimum Gasteiger partial charge on any atom is -0.467 e. The summed E-state index contributed by atoms with van der Waals surface area (Å²) >= 11 is 0. The Morgan fingerprint density at radius 3 is 2.92 bits per heavy atom. The molecule has 64 valence electrons. The summed E-state index contributed by atoms with van der Waals surface area (Å²) in [4.78, 5) is 10.6. The predicted octanol–water partition coefficient (Wildman–Crippen LogP) is 1.28. The molecule has 1 heterocycles. The van der Waals surface area contributed by atoms with Crippen LogP contribution in [0.1, 0.15) is 21.7 Å². The second-order valence-electron chi connectivity index (χ2n) is 2.41. The number of allylic oxidation sites excluding steroid dienone is 1. The van der Waals surface area contributed by atoms with Crippen LogP contribution >= 0.6 is 0 Å². The first-order valence-corrected chi connectivity index (χ1v) is 3.68. The third kappa shape index (κ3) is 1.46. The fraction of sp³-hybridized carbons (Fsp3) is 0.222. The molecule has 0 saturated heterocycles. The highest BCUT2D eigenvalue weighted by Crippen LogP contribution is 2.15. The van der Waals surface area contributed by atoms with Crippen molar-refractivity contribution in [3.05, 3.63) is 35.8 Å². The van der Waals surface area contributed by atoms with Gasteiger partial charge in [0.25, 0.3) is 0 Å². The minimum atomic E-state index is 0.255. The first-order valence-electron chi connectivity index (χ1n) is 3.68. The van der Waals surface area contributed by atoms with Crippen LogP contribution in [0.4, 0.5) is 0 Å². The average Bonchev–Trinajstić information content (AvgIpc) is 2.47. The maximum absolute atomic E-state index is 10.6. The summed E-state index contributed by atoms with van der Waals surface area (Å²) in [6.45, 7) is 3.83. The Morgan fingerprint density at radius 2 is 2.42 bits per heavy atom. The number of rotatable bonds is 4. The molecular formula is C9H11NO2. The van der Waals surface area contributed by atoms with Crippen LogP contribution in [0.2, 0.25) is 0 Å². The van der Waals surface area contributed by atoms with Crippen LogP contribution in [0, 0.1) is 0 Å². The summed E-state index contributed by atoms with van der Waals surface area (Å²) < 4.78 is 5.08. The molecule has 12 heavy (non-hydrogen) atoms. The van der Waals surface area contributed by atoms with Crippen molar-refractivity contribution in [1.29, 1.82) is 0 Å². The van der Waals surface area contributed by atoms with Crippen molar-refractivity contribution >= 4 is 6.29 Å². The minimum absolute atomic E-state index is 0.255. The predicted molar refractivity (Wildman–Crippen MR) is 45.9 cm³/mol. The Balaban J connectivity index is 3.03. The van der Waals surface area contributed by atoms with Gasteiger partial charge in [-0.2, -0.15) is 0 Å². The second-order valence-corrected chi connectivity index (χ2v) is 2.41. The van der Waals surface area contributed by atoms with Crippen molar-refractivity contribution in [3.63, 3.8) is 0 Å². The normalized spacial score (nSPS) is 9.75. The van der Waals surface area contributed by atoms with E-state index in [1.165, 1.54) is 0 Å². The highest BCUT2D eigenvalue weighted by molar-refractivity contribution is 5.78. The van der Waals surface area contributed by atoms with E-state index in [4.69, 9.17) is 10.2 Å². The lowest BCUT2D eigenvalue weighted by Gasteiger charge is -1.92. The Kier molecular flexibility index (Phi) is 2.82. The molecule has 2 N–H and O–H groups in total. The molecule has 1 rings (SSSR count). The highest BCUT2D eigenvalue weighted by Gasteiger charge is 2.09. The molecule has 0 aliphatic heterocycles. The molecule has 3 heteroatoms. The van der Waals surface area contributed by atoms with E-state index in [0.29, 0.717) is 17.7 Å². The SMILES string of the molecule is C=CCc1coc(CN)c1C=O. The molecule has 0 aliphatic carbocycles. The highest BCUT2D eigenvalue weighted by atomic mass is 16.3. The van der Waals surface area contributed by atoms with Crippen LogP contribution in [0.15, 0.2) is 23.3 Å². The molecule has 0 aliphatic rings. The van der Waals surface area contributed by atoms with Crippen molar-refractivity contribution in [2.75, 3.05) is 0 Å². The molecule has 0 fully saturated rings. The van der Waals surface area contributed by atoms with Gasteiger partial charge in [-0.3, -0.25) is 4.79 Å². The lowest BCUT2D eigenvalue weighted by Crippen LogP contribution is -1.98. The molecule has 0 bridgehead atoms. The van der Waals surface area contributed by atoms with Crippen molar-refractivity contribution in [1.82, 2.24) is 0 Å². The van der Waals surface area contributed by atoms with Crippen LogP contribution in [0.3, 0.4) is 0 Å². The van der Waals surface area contributed by atoms with Crippen molar-refractivity contribution < 1.29 is 9.21 Å². The third-order valence-electron chi connectivity index (χ3n) is 1.66. The van der Waals surface area contributed by atoms with Gasteiger partial charge in [0, 0.05) is 5.56 Å². The molecular weight excluding hydrogens is 154 g/mol. The van der Waals surface area contributed by atoms with Gasteiger partial charge in [0.05, 0.1) is 18.4 Å². The fourth-order valence-electron chi connectivity index (χ4n) is 1.06. The van der Waals surface area contributed by atoms with Gasteiger partial charge in [-0.05, 0) is 6.42 Å². The second kappa shape index (κ2) is 3.88. The summed E-state index contributed by atoms with van der Waals surface area (Å²) in [6.07, 6.45) is 4.67. The first-order chi connectivity index (χ1) is 5.83. The lowest BCUT2D eigenvalue weighted by atomic mass is 10.1. The van der Waals surface area contributed by atoms with Gasteiger partial charge in [-0.25, -0.2) is 0 Å². The van der Waals surface area contributed by atoms with E-state index >= 15 is 0 Å². The number of aldehydes is 1. The van der Waals surface area contributed by atoms with E-state index in [9.17, 15) is 4.79 Å². The van der Waals surface area contributed by atoms with E-state index < -0.39 is 0 Å². The van der Waals surface area contributed by atoms with E-state index in [0.717, 1.165) is 11.8 Å². The molecule has 0 aromatic carbocycles. The van der Waals surface area contributed by atoms with Gasteiger partial charge in [-0.1, -0.05) is 6.08 Å². The van der Waals surface area contributed by atoms with Gasteiger partial charge in [-0.15, -0.1) is 6.58 Å².